The second-order valence-electron chi connectivity index (χ2n) is 14.1. The average Bonchev–Trinajstić information content (AvgIpc) is 3.43. The molecule has 0 aromatic carbocycles. The van der Waals surface area contributed by atoms with E-state index in [9.17, 15) is 15.3 Å². The van der Waals surface area contributed by atoms with E-state index in [2.05, 4.69) is 58.6 Å². The van der Waals surface area contributed by atoms with Crippen LogP contribution in [0.15, 0.2) is 53.8 Å². The molecular weight excluding hydrogens is 514 g/mol. The average molecular weight is 566 g/mol. The zero-order valence-corrected chi connectivity index (χ0v) is 26.0. The Labute approximate surface area is 246 Å². The maximum absolute atomic E-state index is 11.4. The molecule has 1 aromatic heterocycles. The summed E-state index contributed by atoms with van der Waals surface area (Å²) in [6, 6.07) is 0. The van der Waals surface area contributed by atoms with E-state index in [4.69, 9.17) is 4.98 Å². The molecule has 3 N–H and O–H groups in total. The maximum Gasteiger partial charge on any atom is 0.102 e. The molecule has 4 fully saturated rings. The van der Waals surface area contributed by atoms with Crippen LogP contribution in [0.25, 0.3) is 0 Å². The summed E-state index contributed by atoms with van der Waals surface area (Å²) >= 11 is 1.81. The van der Waals surface area contributed by atoms with Crippen molar-refractivity contribution in [3.63, 3.8) is 0 Å². The fraction of sp³-hybridized carbons (Fsp3) is 0.686. The molecule has 0 unspecified atom stereocenters. The Morgan fingerprint density at radius 3 is 2.70 bits per heavy atom. The number of aromatic nitrogens is 1. The minimum atomic E-state index is -0.641. The molecule has 0 saturated heterocycles. The van der Waals surface area contributed by atoms with Gasteiger partial charge in [-0.1, -0.05) is 70.6 Å². The Balaban J connectivity index is 1.30. The third-order valence-corrected chi connectivity index (χ3v) is 12.2. The summed E-state index contributed by atoms with van der Waals surface area (Å²) in [6.07, 6.45) is 21.7. The van der Waals surface area contributed by atoms with Gasteiger partial charge in [0, 0.05) is 17.5 Å². The van der Waals surface area contributed by atoms with Gasteiger partial charge >= 0.3 is 0 Å². The molecule has 6 atom stereocenters. The number of thiazole rings is 1. The number of rotatable bonds is 9. The van der Waals surface area contributed by atoms with Crippen LogP contribution in [0.1, 0.15) is 108 Å². The lowest BCUT2D eigenvalue weighted by molar-refractivity contribution is 0.0706. The molecule has 5 rings (SSSR count). The van der Waals surface area contributed by atoms with Crippen LogP contribution in [-0.4, -0.2) is 38.6 Å². The van der Waals surface area contributed by atoms with E-state index in [1.807, 2.05) is 17.5 Å². The number of allylic oxidation sites excluding steroid dienone is 4. The second kappa shape index (κ2) is 11.6. The first-order valence-electron chi connectivity index (χ1n) is 15.8. The molecule has 0 amide bonds. The summed E-state index contributed by atoms with van der Waals surface area (Å²) in [5.74, 6) is 1.10. The van der Waals surface area contributed by atoms with Gasteiger partial charge in [-0.05, 0) is 98.0 Å². The van der Waals surface area contributed by atoms with Gasteiger partial charge in [0.1, 0.15) is 5.01 Å². The molecule has 0 spiro atoms. The van der Waals surface area contributed by atoms with Gasteiger partial charge < -0.3 is 15.3 Å². The van der Waals surface area contributed by atoms with E-state index in [-0.39, 0.29) is 16.2 Å². The van der Waals surface area contributed by atoms with Crippen LogP contribution >= 0.6 is 11.3 Å². The lowest BCUT2D eigenvalue weighted by atomic mass is 9.57. The minimum absolute atomic E-state index is 0.0114. The number of aliphatic hydroxyl groups excluding tert-OH is 3. The highest BCUT2D eigenvalue weighted by Gasteiger charge is 2.54. The number of fused-ring (bicyclic) bond motifs is 1. The number of aliphatic hydroxyl groups is 3. The Bertz CT molecular complexity index is 1170. The molecule has 220 valence electrons. The zero-order valence-electron chi connectivity index (χ0n) is 25.2. The van der Waals surface area contributed by atoms with Gasteiger partial charge in [0.15, 0.2) is 0 Å². The van der Waals surface area contributed by atoms with Crippen molar-refractivity contribution in [3.8, 4) is 0 Å². The van der Waals surface area contributed by atoms with Crippen LogP contribution in [0, 0.1) is 22.7 Å². The van der Waals surface area contributed by atoms with Crippen LogP contribution in [-0.2, 0) is 11.8 Å². The Hall–Kier alpha value is -1.53. The molecular formula is C35H51NO3S. The van der Waals surface area contributed by atoms with Crippen molar-refractivity contribution in [1.82, 2.24) is 4.98 Å². The first-order valence-corrected chi connectivity index (χ1v) is 16.6. The Morgan fingerprint density at radius 1 is 1.20 bits per heavy atom. The zero-order chi connectivity index (χ0) is 28.7. The molecule has 5 heteroatoms. The van der Waals surface area contributed by atoms with Gasteiger partial charge in [-0.3, -0.25) is 0 Å². The molecule has 1 heterocycles. The predicted octanol–water partition coefficient (Wildman–Crippen LogP) is 7.60. The Kier molecular flexibility index (Phi) is 8.70. The van der Waals surface area contributed by atoms with Crippen molar-refractivity contribution in [3.05, 3.63) is 63.7 Å². The molecule has 4 aliphatic carbocycles. The normalized spacial score (nSPS) is 35.0. The van der Waals surface area contributed by atoms with Gasteiger partial charge in [0.25, 0.3) is 0 Å². The lowest BCUT2D eigenvalue weighted by Crippen LogP contribution is -2.39. The van der Waals surface area contributed by atoms with Crippen molar-refractivity contribution in [1.29, 1.82) is 0 Å². The van der Waals surface area contributed by atoms with Crippen LogP contribution in [0.3, 0.4) is 0 Å². The largest absolute Gasteiger partial charge is 0.393 e. The van der Waals surface area contributed by atoms with Crippen molar-refractivity contribution in [2.75, 3.05) is 0 Å². The van der Waals surface area contributed by atoms with Gasteiger partial charge in [0.05, 0.1) is 23.7 Å². The number of nitrogens with zero attached hydrogens (tertiary/aromatic N) is 1. The van der Waals surface area contributed by atoms with Crippen LogP contribution in [0.2, 0.25) is 0 Å². The van der Waals surface area contributed by atoms with Crippen LogP contribution < -0.4 is 0 Å². The first-order chi connectivity index (χ1) is 19.0. The fourth-order valence-electron chi connectivity index (χ4n) is 8.34. The summed E-state index contributed by atoms with van der Waals surface area (Å²) in [5.41, 5.74) is 3.31. The molecule has 0 bridgehead atoms. The molecule has 0 radical (unpaired) electrons. The standard InChI is InChI=1S/C35H51NO3S/c1-6-7-10-27-22-36-32(40-27)35(18-19-35)31(39)15-17-33(3,4)30-14-13-28-24(9-8-16-34(28,30)5)11-12-25-20-26(37)21-29(38)23(25)2/h11-12,15,17,22,26,28-31,37-39H,2,6-10,13-14,16,18-21H2,1,3-5H3/t26-,28+,29+,30-,31+,34+/m1/s1. The molecule has 4 saturated carbocycles. The number of aryl methyl sites for hydroxylation is 1. The van der Waals surface area contributed by atoms with Crippen molar-refractivity contribution in [2.45, 2.75) is 128 Å². The van der Waals surface area contributed by atoms with E-state index in [0.717, 1.165) is 41.8 Å². The maximum atomic E-state index is 11.4. The topological polar surface area (TPSA) is 73.6 Å². The highest BCUT2D eigenvalue weighted by atomic mass is 32.1. The fourth-order valence-corrected chi connectivity index (χ4v) is 9.58. The summed E-state index contributed by atoms with van der Waals surface area (Å²) in [4.78, 5) is 6.11. The summed E-state index contributed by atoms with van der Waals surface area (Å²) in [5, 5.41) is 33.0. The highest BCUT2D eigenvalue weighted by molar-refractivity contribution is 7.11. The number of hydrogen-bond acceptors (Lipinski definition) is 5. The van der Waals surface area contributed by atoms with Gasteiger partial charge in [-0.2, -0.15) is 0 Å². The Morgan fingerprint density at radius 2 is 1.98 bits per heavy atom. The summed E-state index contributed by atoms with van der Waals surface area (Å²) in [7, 11) is 0. The monoisotopic (exact) mass is 565 g/mol. The second-order valence-corrected chi connectivity index (χ2v) is 15.2. The van der Waals surface area contributed by atoms with E-state index >= 15 is 0 Å². The van der Waals surface area contributed by atoms with Crippen molar-refractivity contribution >= 4 is 11.3 Å². The van der Waals surface area contributed by atoms with Crippen molar-refractivity contribution < 1.29 is 15.3 Å². The van der Waals surface area contributed by atoms with Crippen LogP contribution in [0.5, 0.6) is 0 Å². The quantitative estimate of drug-likeness (QED) is 0.270. The van der Waals surface area contributed by atoms with Gasteiger partial charge in [-0.15, -0.1) is 11.3 Å². The molecule has 40 heavy (non-hydrogen) atoms. The third kappa shape index (κ3) is 5.73. The van der Waals surface area contributed by atoms with Gasteiger partial charge in [0.2, 0.25) is 0 Å². The SMILES string of the molecule is C=C1C(=CC=C2CCC[C@]3(C)[C@@H](C(C)(C)C=C[C@H](O)C4(c5ncc(CCCC)s5)CC4)CC[C@@H]23)C[C@@H](O)C[C@@H]1O. The van der Waals surface area contributed by atoms with E-state index in [1.54, 1.807) is 0 Å². The molecule has 4 nitrogen and oxygen atoms in total. The lowest BCUT2D eigenvalue weighted by Gasteiger charge is -2.47. The predicted molar refractivity (Wildman–Crippen MR) is 165 cm³/mol. The van der Waals surface area contributed by atoms with E-state index < -0.39 is 18.3 Å². The van der Waals surface area contributed by atoms with Crippen LogP contribution in [0.4, 0.5) is 0 Å². The van der Waals surface area contributed by atoms with Gasteiger partial charge in [-0.25, -0.2) is 4.98 Å². The molecule has 0 aliphatic heterocycles. The molecule has 4 aliphatic rings. The highest BCUT2D eigenvalue weighted by Crippen LogP contribution is 2.62. The number of unbranched alkanes of at least 4 members (excludes halogenated alkanes) is 1. The summed E-state index contributed by atoms with van der Waals surface area (Å²) in [6.45, 7) is 13.6. The van der Waals surface area contributed by atoms with E-state index in [0.29, 0.717) is 24.7 Å². The smallest absolute Gasteiger partial charge is 0.102 e. The third-order valence-electron chi connectivity index (χ3n) is 10.9. The van der Waals surface area contributed by atoms with E-state index in [1.165, 1.54) is 49.0 Å². The van der Waals surface area contributed by atoms with Crippen molar-refractivity contribution in [2.24, 2.45) is 22.7 Å². The molecule has 1 aromatic rings. The first kappa shape index (κ1) is 29.9. The minimum Gasteiger partial charge on any atom is -0.393 e. The summed E-state index contributed by atoms with van der Waals surface area (Å²) < 4.78 is 0. The number of hydrogen-bond donors (Lipinski definition) is 3.